The lowest BCUT2D eigenvalue weighted by atomic mass is 9.85. The summed E-state index contributed by atoms with van der Waals surface area (Å²) in [6.45, 7) is 40.6. The first-order valence-corrected chi connectivity index (χ1v) is 51.8. The Balaban J connectivity index is 0.000000132. The van der Waals surface area contributed by atoms with Crippen LogP contribution in [0.2, 0.25) is 5.02 Å². The van der Waals surface area contributed by atoms with Crippen LogP contribution < -0.4 is 36.4 Å². The largest absolute Gasteiger partial charge is 0.493 e. The maximum Gasteiger partial charge on any atom is 0.251 e. The molecule has 766 valence electrons. The van der Waals surface area contributed by atoms with Crippen molar-refractivity contribution in [3.63, 3.8) is 0 Å². The molecule has 0 saturated heterocycles. The number of thiazole rings is 1. The molecule has 0 unspecified atom stereocenters. The number of Topliss-reactive ketones (excluding diaryl/α,β-unsaturated/α-hetero) is 4. The zero-order valence-corrected chi connectivity index (χ0v) is 89.8. The van der Waals surface area contributed by atoms with Gasteiger partial charge in [0.05, 0.1) is 100 Å². The van der Waals surface area contributed by atoms with Crippen molar-refractivity contribution in [2.45, 2.75) is 224 Å². The molecule has 26 heteroatoms. The molecule has 21 rings (SSSR count). The molecule has 0 bridgehead atoms. The Morgan fingerprint density at radius 3 is 1.09 bits per heavy atom. The molecule has 150 heavy (non-hydrogen) atoms. The maximum atomic E-state index is 13.3. The minimum Gasteiger partial charge on any atom is -0.493 e. The van der Waals surface area contributed by atoms with E-state index in [-0.39, 0.29) is 45.4 Å². The molecule has 1 N–H and O–H groups in total. The van der Waals surface area contributed by atoms with E-state index in [1.807, 2.05) is 293 Å². The topological polar surface area (TPSA) is 296 Å². The van der Waals surface area contributed by atoms with Gasteiger partial charge in [0.1, 0.15) is 41.7 Å². The fraction of sp³-hybridized carbons (Fsp3) is 0.298. The van der Waals surface area contributed by atoms with Gasteiger partial charge in [-0.2, -0.15) is 0 Å². The third kappa shape index (κ3) is 22.0. The Morgan fingerprint density at radius 2 is 0.733 bits per heavy atom. The Bertz CT molecular complexity index is 8340. The van der Waals surface area contributed by atoms with E-state index >= 15 is 0 Å². The van der Waals surface area contributed by atoms with Crippen molar-refractivity contribution in [3.8, 4) is 61.8 Å². The summed E-state index contributed by atoms with van der Waals surface area (Å²) >= 11 is 7.60. The number of halogens is 1. The summed E-state index contributed by atoms with van der Waals surface area (Å²) in [7, 11) is 0. The smallest absolute Gasteiger partial charge is 0.251 e. The predicted molar refractivity (Wildman–Crippen MR) is 596 cm³/mol. The molecule has 12 heterocycles. The van der Waals surface area contributed by atoms with E-state index in [9.17, 15) is 38.4 Å². The van der Waals surface area contributed by atoms with Crippen LogP contribution in [-0.2, 0) is 77.0 Å². The molecule has 0 fully saturated rings. The standard InChI is InChI=1S/C35H34N2O4.C34H33N3O4.C32H31N3O4S.C23H24ClNO3/c1-21-19-27-25(12-14-29(39)37(27)20-23-9-7-6-8-10-23)32(30(21)34(22(2)38)41-35(3,4)5)26-11-13-28-31-24(16-18-40-28)15-17-36-33(26)31;1-20-18-26-24(7-9-28(39)37(26)19-22-10-14-35-15-11-22)31(29(20)33(21(2)38)41-34(3,4)5)25-6-8-27-30-23(13-17-40-27)12-16-36-32(25)30;1-18-14-24-22(7-9-26(37)35(24)16-21-15-33-17-40-21)29(27(18)31(19(2)36)39-32(3,4)5)23-6-8-25-28-20(11-13-38-25)10-12-34-30(23)28;1-13-12-18-17(10-11-19(27)25-18)21(15-6-8-16(24)9-7-15)20(13)22(14(2)26)28-23(3,4)5/h6-15,17,19,34H,16,18,20H2,1-5H3;6-12,14-16,18,33H,13,17,19H2,1-5H3;6-10,12,14-15,17,31H,11,13,16H2,1-5H3;6-12,22H,1-5H3,(H,25,27)/t34-;33-;31-;22-/m1111/s1. The average Bonchev–Trinajstić information content (AvgIpc) is 0.744. The van der Waals surface area contributed by atoms with E-state index in [1.165, 1.54) is 34.1 Å². The number of ether oxygens (including phenoxy) is 7. The second-order valence-electron chi connectivity index (χ2n) is 42.7. The first kappa shape index (κ1) is 105. The molecule has 0 radical (unpaired) electrons. The van der Waals surface area contributed by atoms with Gasteiger partial charge in [-0.15, -0.1) is 11.3 Å². The van der Waals surface area contributed by atoms with Gasteiger partial charge < -0.3 is 51.8 Å². The van der Waals surface area contributed by atoms with Crippen molar-refractivity contribution in [2.75, 3.05) is 19.8 Å². The van der Waals surface area contributed by atoms with Crippen molar-refractivity contribution in [2.24, 2.45) is 0 Å². The average molecular weight is 2050 g/mol. The molecule has 24 nitrogen and oxygen atoms in total. The molecule has 3 aliphatic heterocycles. The van der Waals surface area contributed by atoms with Crippen LogP contribution in [0.5, 0.6) is 17.2 Å². The van der Waals surface area contributed by atoms with Crippen LogP contribution in [-0.4, -0.2) is 109 Å². The van der Waals surface area contributed by atoms with Crippen molar-refractivity contribution >= 4 is 122 Å². The quantitative estimate of drug-likeness (QED) is 0.0659. The number of aryl methyl sites for hydroxylation is 4. The maximum absolute atomic E-state index is 13.3. The molecular weight excluding hydrogens is 1920 g/mol. The van der Waals surface area contributed by atoms with E-state index in [4.69, 9.17) is 59.7 Å². The molecule has 9 aromatic heterocycles. The number of ketones is 4. The summed E-state index contributed by atoms with van der Waals surface area (Å²) < 4.78 is 48.9. The zero-order chi connectivity index (χ0) is 107. The number of aromatic nitrogens is 9. The van der Waals surface area contributed by atoms with Gasteiger partial charge in [0.25, 0.3) is 16.7 Å². The normalized spacial score (nSPS) is 13.7. The van der Waals surface area contributed by atoms with E-state index in [2.05, 4.69) is 15.0 Å². The van der Waals surface area contributed by atoms with Gasteiger partial charge in [0.15, 0.2) is 23.1 Å². The number of benzene rings is 9. The Kier molecular flexibility index (Phi) is 29.8. The SMILES string of the molecule is CC(=O)[C@@H](OC(C)(C)C)c1c(C)cc2[nH]c(=O)ccc2c1-c1ccc(Cl)cc1.CC(=O)[C@@H](OC(C)(C)C)c1c(C)cc2c(ccc(=O)n2Cc2ccccc2)c1-c1ccc2c3c(ccnc13)CCO2.CC(=O)[C@@H](OC(C)(C)C)c1c(C)cc2c(ccc(=O)n2Cc2ccncc2)c1-c1ccc2c3c(ccnc13)CCO2.CC(=O)[C@@H](OC(C)(C)C)c1c(C)cc2c(ccc(=O)n2Cc2cncs2)c1-c1ccc2c3c(ccnc13)CCO2. The number of H-pyrrole nitrogens is 1. The lowest BCUT2D eigenvalue weighted by molar-refractivity contribution is -0.139. The highest BCUT2D eigenvalue weighted by molar-refractivity contribution is 7.09. The summed E-state index contributed by atoms with van der Waals surface area (Å²) in [5, 5.41) is 7.01. The van der Waals surface area contributed by atoms with Crippen LogP contribution in [0.3, 0.4) is 0 Å². The molecule has 0 spiro atoms. The van der Waals surface area contributed by atoms with Crippen LogP contribution in [0, 0.1) is 27.7 Å². The lowest BCUT2D eigenvalue weighted by Crippen LogP contribution is -2.27. The molecule has 9 aromatic carbocycles. The van der Waals surface area contributed by atoms with E-state index in [1.54, 1.807) is 89.8 Å². The molecule has 0 saturated carbocycles. The van der Waals surface area contributed by atoms with E-state index in [0.29, 0.717) is 44.5 Å². The number of nitrogens with zero attached hydrogens (tertiary/aromatic N) is 8. The van der Waals surface area contributed by atoms with Crippen molar-refractivity contribution in [1.29, 1.82) is 0 Å². The Hall–Kier alpha value is -15.0. The van der Waals surface area contributed by atoms with Crippen molar-refractivity contribution in [3.05, 3.63) is 360 Å². The summed E-state index contributed by atoms with van der Waals surface area (Å²) in [5.41, 5.74) is 23.8. The number of nitrogens with one attached hydrogen (secondary N) is 1. The van der Waals surface area contributed by atoms with Gasteiger partial charge in [-0.3, -0.25) is 63.3 Å². The predicted octanol–water partition coefficient (Wildman–Crippen LogP) is 25.3. The number of aromatic amines is 1. The first-order chi connectivity index (χ1) is 71.4. The highest BCUT2D eigenvalue weighted by Crippen LogP contribution is 2.51. The van der Waals surface area contributed by atoms with E-state index in [0.717, 1.165) is 218 Å². The van der Waals surface area contributed by atoms with Gasteiger partial charge in [0.2, 0.25) is 5.56 Å². The zero-order valence-electron chi connectivity index (χ0n) is 88.2. The molecule has 4 atom stereocenters. The minimum atomic E-state index is -0.808. The fourth-order valence-corrected chi connectivity index (χ4v) is 21.6. The summed E-state index contributed by atoms with van der Waals surface area (Å²) in [4.78, 5) is 131. The van der Waals surface area contributed by atoms with E-state index < -0.39 is 46.8 Å². The van der Waals surface area contributed by atoms with Gasteiger partial charge in [0, 0.05) is 151 Å². The number of rotatable bonds is 22. The Morgan fingerprint density at radius 1 is 0.387 bits per heavy atom. The summed E-state index contributed by atoms with van der Waals surface area (Å²) in [6, 6.07) is 61.0. The van der Waals surface area contributed by atoms with Crippen LogP contribution >= 0.6 is 22.9 Å². The monoisotopic (exact) mass is 2040 g/mol. The second kappa shape index (κ2) is 42.6. The first-order valence-electron chi connectivity index (χ1n) is 50.5. The fourth-order valence-electron chi connectivity index (χ4n) is 20.9. The van der Waals surface area contributed by atoms with Crippen LogP contribution in [0.15, 0.2) is 256 Å². The van der Waals surface area contributed by atoms with Crippen LogP contribution in [0.25, 0.3) is 121 Å². The highest BCUT2D eigenvalue weighted by atomic mass is 35.5. The molecule has 3 aliphatic rings. The molecule has 0 aliphatic carbocycles. The molecule has 0 amide bonds. The third-order valence-corrected chi connectivity index (χ3v) is 28.0. The number of hydrogen-bond donors (Lipinski definition) is 1. The third-order valence-electron chi connectivity index (χ3n) is 27.0. The van der Waals surface area contributed by atoms with Crippen molar-refractivity contribution < 1.29 is 52.3 Å². The second-order valence-corrected chi connectivity index (χ2v) is 44.1. The molecular formula is C124H122ClN9O15S. The number of fused-ring (bicyclic) bond motifs is 4. The summed E-state index contributed by atoms with van der Waals surface area (Å²) in [5.74, 6) is 2.09. The minimum absolute atomic E-state index is 0.0722. The van der Waals surface area contributed by atoms with Gasteiger partial charge in [-0.05, 0) is 366 Å². The van der Waals surface area contributed by atoms with Gasteiger partial charge in [-0.25, -0.2) is 0 Å². The van der Waals surface area contributed by atoms with Crippen LogP contribution in [0.1, 0.15) is 212 Å². The highest BCUT2D eigenvalue weighted by Gasteiger charge is 2.38. The summed E-state index contributed by atoms with van der Waals surface area (Å²) in [6.07, 6.45) is 10.0. The Labute approximate surface area is 878 Å². The number of pyridine rings is 8. The van der Waals surface area contributed by atoms with Crippen LogP contribution in [0.4, 0.5) is 0 Å². The van der Waals surface area contributed by atoms with Gasteiger partial charge >= 0.3 is 0 Å². The molecule has 18 aromatic rings. The number of hydrogen-bond acceptors (Lipinski definition) is 21. The number of carbonyl (C=O) groups excluding carboxylic acids is 4. The lowest BCUT2D eigenvalue weighted by Gasteiger charge is -2.30. The van der Waals surface area contributed by atoms with Gasteiger partial charge in [-0.1, -0.05) is 54.1 Å². The van der Waals surface area contributed by atoms with Crippen molar-refractivity contribution in [1.82, 2.24) is 43.6 Å². The number of carbonyl (C=O) groups is 4.